The van der Waals surface area contributed by atoms with Gasteiger partial charge in [0.25, 0.3) is 0 Å². The third kappa shape index (κ3) is 3.11. The highest BCUT2D eigenvalue weighted by atomic mass is 32.3. The number of amides is 2. The summed E-state index contributed by atoms with van der Waals surface area (Å²) >= 11 is 0. The fourth-order valence-electron chi connectivity index (χ4n) is 3.02. The largest absolute Gasteiger partial charge is 0.492 e. The molecule has 3 rings (SSSR count). The molecule has 1 saturated heterocycles. The van der Waals surface area contributed by atoms with Crippen LogP contribution in [0.5, 0.6) is 5.75 Å². The maximum Gasteiger partial charge on any atom is 0.418 e. The minimum absolute atomic E-state index is 0.112. The molecule has 1 aromatic carbocycles. The Morgan fingerprint density at radius 1 is 1.36 bits per heavy atom. The summed E-state index contributed by atoms with van der Waals surface area (Å²) in [7, 11) is -4.96. The van der Waals surface area contributed by atoms with Crippen LogP contribution in [0.15, 0.2) is 18.2 Å². The van der Waals surface area contributed by atoms with Crippen LogP contribution in [0.4, 0.5) is 4.79 Å². The summed E-state index contributed by atoms with van der Waals surface area (Å²) in [6.45, 7) is 0.378. The van der Waals surface area contributed by atoms with Crippen molar-refractivity contribution in [2.24, 2.45) is 5.73 Å². The van der Waals surface area contributed by atoms with Crippen LogP contribution >= 0.6 is 0 Å². The van der Waals surface area contributed by atoms with Gasteiger partial charge in [0.1, 0.15) is 18.4 Å². The highest BCUT2D eigenvalue weighted by Gasteiger charge is 2.52. The van der Waals surface area contributed by atoms with Gasteiger partial charge in [-0.3, -0.25) is 4.55 Å². The van der Waals surface area contributed by atoms with Crippen molar-refractivity contribution >= 4 is 22.4 Å². The number of benzene rings is 1. The number of rotatable bonds is 6. The second-order valence-corrected chi connectivity index (χ2v) is 6.45. The summed E-state index contributed by atoms with van der Waals surface area (Å²) in [6.07, 6.45) is 0. The van der Waals surface area contributed by atoms with Crippen molar-refractivity contribution in [2.45, 2.75) is 12.1 Å². The summed E-state index contributed by atoms with van der Waals surface area (Å²) in [5.41, 5.74) is 6.03. The van der Waals surface area contributed by atoms with Crippen LogP contribution in [-0.4, -0.2) is 59.7 Å². The number of carbonyl (C=O) groups is 2. The smallest absolute Gasteiger partial charge is 0.418 e. The van der Waals surface area contributed by atoms with Gasteiger partial charge in [0, 0.05) is 6.54 Å². The predicted molar refractivity (Wildman–Crippen MR) is 80.7 cm³/mol. The average molecular weight is 373 g/mol. The van der Waals surface area contributed by atoms with Crippen molar-refractivity contribution in [3.63, 3.8) is 0 Å². The van der Waals surface area contributed by atoms with Gasteiger partial charge in [0.2, 0.25) is 0 Å². The molecule has 2 aliphatic heterocycles. The molecule has 1 aromatic rings. The average Bonchev–Trinajstić information content (AvgIpc) is 2.78. The summed E-state index contributed by atoms with van der Waals surface area (Å²) in [4.78, 5) is 24.9. The number of nitrogens with zero attached hydrogens (tertiary/aromatic N) is 2. The molecule has 25 heavy (non-hydrogen) atoms. The van der Waals surface area contributed by atoms with Gasteiger partial charge >= 0.3 is 22.4 Å². The molecular weight excluding hydrogens is 358 g/mol. The van der Waals surface area contributed by atoms with Gasteiger partial charge in [-0.15, -0.1) is 4.28 Å². The van der Waals surface area contributed by atoms with Gasteiger partial charge in [-0.05, 0) is 23.3 Å². The Bertz CT molecular complexity index is 827. The van der Waals surface area contributed by atoms with Crippen molar-refractivity contribution in [1.82, 2.24) is 9.96 Å². The first-order valence-corrected chi connectivity index (χ1v) is 8.56. The Labute approximate surface area is 142 Å². The molecule has 11 nitrogen and oxygen atoms in total. The number of fused-ring (bicyclic) bond motifs is 4. The van der Waals surface area contributed by atoms with E-state index in [4.69, 9.17) is 15.0 Å². The molecule has 1 unspecified atom stereocenters. The standard InChI is InChI=1S/C13H15N3O8S/c14-3-4-23-7-1-2-8-9(5-7)10-6-15(11(8)12(17)18)13(19)16(10)24-25(20,21)22/h1-2,5,10-11H,3-4,6,14H2,(H,17,18)(H,20,21,22)/t10-,11?/m1/s1. The van der Waals surface area contributed by atoms with E-state index in [0.717, 1.165) is 4.90 Å². The summed E-state index contributed by atoms with van der Waals surface area (Å²) in [5, 5.41) is 9.93. The Kier molecular flexibility index (Phi) is 4.28. The van der Waals surface area contributed by atoms with Gasteiger partial charge < -0.3 is 20.5 Å². The van der Waals surface area contributed by atoms with E-state index in [1.165, 1.54) is 18.2 Å². The molecule has 0 aliphatic carbocycles. The summed E-state index contributed by atoms with van der Waals surface area (Å²) in [6, 6.07) is 1.33. The first kappa shape index (κ1) is 17.4. The quantitative estimate of drug-likeness (QED) is 0.568. The van der Waals surface area contributed by atoms with E-state index in [2.05, 4.69) is 4.28 Å². The lowest BCUT2D eigenvalue weighted by atomic mass is 9.91. The number of hydrogen-bond donors (Lipinski definition) is 3. The lowest BCUT2D eigenvalue weighted by molar-refractivity contribution is -0.142. The minimum Gasteiger partial charge on any atom is -0.492 e. The molecule has 2 bridgehead atoms. The van der Waals surface area contributed by atoms with Crippen LogP contribution in [0.2, 0.25) is 0 Å². The topological polar surface area (TPSA) is 160 Å². The van der Waals surface area contributed by atoms with E-state index in [0.29, 0.717) is 21.9 Å². The van der Waals surface area contributed by atoms with Gasteiger partial charge in [-0.2, -0.15) is 13.5 Å². The molecule has 4 N–H and O–H groups in total. The Balaban J connectivity index is 2.07. The monoisotopic (exact) mass is 373 g/mol. The van der Waals surface area contributed by atoms with Crippen LogP contribution < -0.4 is 10.5 Å². The third-order valence-electron chi connectivity index (χ3n) is 3.91. The van der Waals surface area contributed by atoms with E-state index >= 15 is 0 Å². The summed E-state index contributed by atoms with van der Waals surface area (Å²) in [5.74, 6) is -0.898. The third-order valence-corrected chi connectivity index (χ3v) is 4.25. The van der Waals surface area contributed by atoms with Gasteiger partial charge in [-0.25, -0.2) is 9.59 Å². The van der Waals surface area contributed by atoms with Crippen LogP contribution in [0.25, 0.3) is 0 Å². The molecule has 0 aromatic heterocycles. The van der Waals surface area contributed by atoms with E-state index in [1.54, 1.807) is 0 Å². The van der Waals surface area contributed by atoms with E-state index in [1.807, 2.05) is 0 Å². The lowest BCUT2D eigenvalue weighted by Gasteiger charge is -2.30. The maximum atomic E-state index is 12.3. The predicted octanol–water partition coefficient (Wildman–Crippen LogP) is -0.323. The van der Waals surface area contributed by atoms with E-state index < -0.39 is 34.5 Å². The van der Waals surface area contributed by atoms with Crippen molar-refractivity contribution in [3.05, 3.63) is 29.3 Å². The summed E-state index contributed by atoms with van der Waals surface area (Å²) < 4.78 is 40.7. The Morgan fingerprint density at radius 2 is 2.08 bits per heavy atom. The van der Waals surface area contributed by atoms with Gasteiger partial charge in [0.15, 0.2) is 6.04 Å². The molecule has 2 atom stereocenters. The molecule has 2 aliphatic rings. The molecule has 2 heterocycles. The Hall–Kier alpha value is -2.41. The van der Waals surface area contributed by atoms with Crippen LogP contribution in [0, 0.1) is 0 Å². The molecule has 136 valence electrons. The normalized spacial score (nSPS) is 22.1. The van der Waals surface area contributed by atoms with Crippen molar-refractivity contribution in [3.8, 4) is 5.75 Å². The Morgan fingerprint density at radius 3 is 2.68 bits per heavy atom. The van der Waals surface area contributed by atoms with Crippen molar-refractivity contribution in [2.75, 3.05) is 19.7 Å². The number of ether oxygens (including phenoxy) is 1. The lowest BCUT2D eigenvalue weighted by Crippen LogP contribution is -2.38. The van der Waals surface area contributed by atoms with E-state index in [9.17, 15) is 23.1 Å². The second kappa shape index (κ2) is 6.15. The van der Waals surface area contributed by atoms with Gasteiger partial charge in [0.05, 0.1) is 6.54 Å². The van der Waals surface area contributed by atoms with Crippen LogP contribution in [-0.2, 0) is 19.5 Å². The fourth-order valence-corrected chi connectivity index (χ4v) is 3.39. The fraction of sp³-hybridized carbons (Fsp3) is 0.385. The number of carboxylic acids is 1. The number of aliphatic carboxylic acids is 1. The van der Waals surface area contributed by atoms with Crippen molar-refractivity contribution < 1.29 is 36.7 Å². The second-order valence-electron chi connectivity index (χ2n) is 5.45. The SMILES string of the molecule is NCCOc1ccc2c(c1)[C@H]1CN(C(=O)N1OS(=O)(=O)O)C2C(=O)O. The highest BCUT2D eigenvalue weighted by Crippen LogP contribution is 2.45. The minimum atomic E-state index is -4.96. The highest BCUT2D eigenvalue weighted by molar-refractivity contribution is 7.80. The molecule has 0 radical (unpaired) electrons. The van der Waals surface area contributed by atoms with Gasteiger partial charge in [-0.1, -0.05) is 6.07 Å². The molecular formula is C13H15N3O8S. The first-order valence-electron chi connectivity index (χ1n) is 7.19. The van der Waals surface area contributed by atoms with E-state index in [-0.39, 0.29) is 19.7 Å². The van der Waals surface area contributed by atoms with Crippen LogP contribution in [0.1, 0.15) is 23.2 Å². The number of nitrogens with two attached hydrogens (primary N) is 1. The molecule has 1 fully saturated rings. The first-order chi connectivity index (χ1) is 11.7. The number of carboxylic acid groups (broad SMARTS) is 1. The zero-order valence-corrected chi connectivity index (χ0v) is 13.5. The van der Waals surface area contributed by atoms with Crippen LogP contribution in [0.3, 0.4) is 0 Å². The van der Waals surface area contributed by atoms with Crippen molar-refractivity contribution in [1.29, 1.82) is 0 Å². The molecule has 2 amide bonds. The molecule has 12 heteroatoms. The number of hydrogen-bond acceptors (Lipinski definition) is 7. The molecule has 0 spiro atoms. The number of carbonyl (C=O) groups excluding carboxylic acids is 1. The number of urea groups is 1. The zero-order chi connectivity index (χ0) is 18.4. The zero-order valence-electron chi connectivity index (χ0n) is 12.7. The molecule has 0 saturated carbocycles. The maximum absolute atomic E-state index is 12.3. The number of hydroxylamine groups is 2.